The topological polar surface area (TPSA) is 76.9 Å². The maximum absolute atomic E-state index is 12.8. The van der Waals surface area contributed by atoms with E-state index >= 15 is 0 Å². The minimum Gasteiger partial charge on any atom is -0.268 e. The number of hydrogen-bond acceptors (Lipinski definition) is 5. The predicted molar refractivity (Wildman–Crippen MR) is 94.2 cm³/mol. The monoisotopic (exact) mass is 362 g/mol. The highest BCUT2D eigenvalue weighted by molar-refractivity contribution is 7.89. The van der Waals surface area contributed by atoms with Crippen LogP contribution in [0.2, 0.25) is 0 Å². The van der Waals surface area contributed by atoms with Crippen molar-refractivity contribution in [1.29, 1.82) is 0 Å². The second-order valence-electron chi connectivity index (χ2n) is 5.54. The number of nitrogens with one attached hydrogen (secondary N) is 1. The van der Waals surface area contributed by atoms with E-state index in [4.69, 9.17) is 0 Å². The second kappa shape index (κ2) is 6.84. The number of aromatic nitrogens is 3. The van der Waals surface area contributed by atoms with Gasteiger partial charge in [-0.15, -0.1) is 11.3 Å². The van der Waals surface area contributed by atoms with Gasteiger partial charge in [0.25, 0.3) is 0 Å². The van der Waals surface area contributed by atoms with E-state index in [2.05, 4.69) is 14.8 Å². The normalized spacial score (nSPS) is 12.0. The molecule has 0 atom stereocenters. The van der Waals surface area contributed by atoms with Crippen molar-refractivity contribution in [3.05, 3.63) is 53.8 Å². The summed E-state index contributed by atoms with van der Waals surface area (Å²) in [6.07, 6.45) is 3.22. The van der Waals surface area contributed by atoms with Crippen LogP contribution in [-0.4, -0.2) is 23.2 Å². The molecule has 8 heteroatoms. The summed E-state index contributed by atoms with van der Waals surface area (Å²) in [5, 5.41) is 6.37. The molecule has 0 aliphatic rings. The lowest BCUT2D eigenvalue weighted by Crippen LogP contribution is -2.23. The Bertz CT molecular complexity index is 901. The Balaban J connectivity index is 1.94. The zero-order valence-corrected chi connectivity index (χ0v) is 15.0. The number of pyridine rings is 1. The molecule has 0 saturated heterocycles. The summed E-state index contributed by atoms with van der Waals surface area (Å²) in [4.78, 5) is 5.15. The smallest absolute Gasteiger partial charge is 0.244 e. The zero-order chi connectivity index (χ0) is 17.2. The highest BCUT2D eigenvalue weighted by Gasteiger charge is 2.24. The number of hydrogen-bond donors (Lipinski definition) is 1. The minimum absolute atomic E-state index is 0.0726. The Morgan fingerprint density at radius 3 is 2.71 bits per heavy atom. The maximum Gasteiger partial charge on any atom is 0.244 e. The summed E-state index contributed by atoms with van der Waals surface area (Å²) >= 11 is 1.47. The Labute approximate surface area is 145 Å². The first kappa shape index (κ1) is 16.8. The van der Waals surface area contributed by atoms with E-state index in [-0.39, 0.29) is 17.5 Å². The fourth-order valence-corrected chi connectivity index (χ4v) is 4.10. The van der Waals surface area contributed by atoms with E-state index in [1.54, 1.807) is 29.2 Å². The number of thiophene rings is 1. The van der Waals surface area contributed by atoms with Crippen molar-refractivity contribution in [2.24, 2.45) is 0 Å². The quantitative estimate of drug-likeness (QED) is 0.731. The van der Waals surface area contributed by atoms with E-state index in [1.165, 1.54) is 11.3 Å². The van der Waals surface area contributed by atoms with Crippen molar-refractivity contribution in [2.75, 3.05) is 0 Å². The minimum atomic E-state index is -3.69. The van der Waals surface area contributed by atoms with Crippen LogP contribution in [0.15, 0.2) is 53.0 Å². The van der Waals surface area contributed by atoms with Crippen LogP contribution < -0.4 is 4.72 Å². The van der Waals surface area contributed by atoms with Gasteiger partial charge in [0.1, 0.15) is 10.6 Å². The van der Waals surface area contributed by atoms with Gasteiger partial charge in [-0.05, 0) is 37.4 Å². The Hall–Kier alpha value is -2.03. The van der Waals surface area contributed by atoms with Crippen molar-refractivity contribution in [3.63, 3.8) is 0 Å². The van der Waals surface area contributed by atoms with Crippen LogP contribution >= 0.6 is 11.3 Å². The summed E-state index contributed by atoms with van der Waals surface area (Å²) in [5.74, 6) is 0. The van der Waals surface area contributed by atoms with Gasteiger partial charge in [0.15, 0.2) is 0 Å². The van der Waals surface area contributed by atoms with Gasteiger partial charge < -0.3 is 0 Å². The molecule has 0 saturated carbocycles. The van der Waals surface area contributed by atoms with Crippen LogP contribution in [0, 0.1) is 0 Å². The molecule has 0 unspecified atom stereocenters. The first-order valence-electron chi connectivity index (χ1n) is 7.50. The van der Waals surface area contributed by atoms with Crippen molar-refractivity contribution in [3.8, 4) is 10.6 Å². The lowest BCUT2D eigenvalue weighted by atomic mass is 10.3. The molecule has 0 aromatic carbocycles. The molecular weight excluding hydrogens is 344 g/mol. The van der Waals surface area contributed by atoms with Crippen LogP contribution in [0.25, 0.3) is 10.6 Å². The molecule has 126 valence electrons. The Morgan fingerprint density at radius 1 is 1.25 bits per heavy atom. The molecule has 0 bridgehead atoms. The average molecular weight is 362 g/mol. The van der Waals surface area contributed by atoms with Crippen LogP contribution in [0.3, 0.4) is 0 Å². The molecule has 0 spiro atoms. The van der Waals surface area contributed by atoms with Gasteiger partial charge >= 0.3 is 0 Å². The largest absolute Gasteiger partial charge is 0.268 e. The molecule has 1 N–H and O–H groups in total. The molecule has 3 aromatic rings. The van der Waals surface area contributed by atoms with Crippen molar-refractivity contribution in [2.45, 2.75) is 31.3 Å². The van der Waals surface area contributed by atoms with Crippen LogP contribution in [-0.2, 0) is 16.6 Å². The van der Waals surface area contributed by atoms with Gasteiger partial charge in [-0.1, -0.05) is 12.1 Å². The third-order valence-corrected chi connectivity index (χ3v) is 5.72. The van der Waals surface area contributed by atoms with Gasteiger partial charge in [0.05, 0.1) is 17.1 Å². The van der Waals surface area contributed by atoms with E-state index in [9.17, 15) is 8.42 Å². The van der Waals surface area contributed by atoms with Gasteiger partial charge in [0, 0.05) is 18.4 Å². The van der Waals surface area contributed by atoms with Gasteiger partial charge in [-0.3, -0.25) is 9.67 Å². The molecule has 3 heterocycles. The Kier molecular flexibility index (Phi) is 4.79. The number of sulfonamides is 1. The van der Waals surface area contributed by atoms with Crippen molar-refractivity contribution < 1.29 is 8.42 Å². The maximum atomic E-state index is 12.8. The molecular formula is C16H18N4O2S2. The summed E-state index contributed by atoms with van der Waals surface area (Å²) in [6.45, 7) is 4.06. The zero-order valence-electron chi connectivity index (χ0n) is 13.4. The average Bonchev–Trinajstić information content (AvgIpc) is 3.23. The summed E-state index contributed by atoms with van der Waals surface area (Å²) in [7, 11) is -3.69. The van der Waals surface area contributed by atoms with E-state index in [0.717, 1.165) is 4.88 Å². The molecule has 24 heavy (non-hydrogen) atoms. The second-order valence-corrected chi connectivity index (χ2v) is 8.22. The summed E-state index contributed by atoms with van der Waals surface area (Å²) < 4.78 is 29.8. The molecule has 6 nitrogen and oxygen atoms in total. The lowest BCUT2D eigenvalue weighted by molar-refractivity contribution is 0.532. The lowest BCUT2D eigenvalue weighted by Gasteiger charge is -2.06. The highest BCUT2D eigenvalue weighted by Crippen LogP contribution is 2.30. The third kappa shape index (κ3) is 3.55. The standard InChI is InChI=1S/C16H18N4O2S2/c1-12(2)20-11-15(16(19-20)14-7-5-9-23-14)24(21,22)18-10-13-6-3-4-8-17-13/h3-9,11-12,18H,10H2,1-2H3. The van der Waals surface area contributed by atoms with Crippen LogP contribution in [0.5, 0.6) is 0 Å². The SMILES string of the molecule is CC(C)n1cc(S(=O)(=O)NCc2ccccn2)c(-c2cccs2)n1. The molecule has 0 aliphatic heterocycles. The Morgan fingerprint density at radius 2 is 2.08 bits per heavy atom. The highest BCUT2D eigenvalue weighted by atomic mass is 32.2. The third-order valence-electron chi connectivity index (χ3n) is 3.44. The molecule has 0 aliphatic carbocycles. The van der Waals surface area contributed by atoms with Crippen LogP contribution in [0.1, 0.15) is 25.6 Å². The molecule has 3 aromatic heterocycles. The molecule has 0 fully saturated rings. The van der Waals surface area contributed by atoms with Crippen molar-refractivity contribution in [1.82, 2.24) is 19.5 Å². The van der Waals surface area contributed by atoms with Crippen molar-refractivity contribution >= 4 is 21.4 Å². The fraction of sp³-hybridized carbons (Fsp3) is 0.250. The number of rotatable bonds is 6. The fourth-order valence-electron chi connectivity index (χ4n) is 2.17. The molecule has 3 rings (SSSR count). The van der Waals surface area contributed by atoms with Crippen LogP contribution in [0.4, 0.5) is 0 Å². The first-order valence-corrected chi connectivity index (χ1v) is 9.86. The first-order chi connectivity index (χ1) is 11.5. The molecule has 0 amide bonds. The van der Waals surface area contributed by atoms with E-state index < -0.39 is 10.0 Å². The molecule has 0 radical (unpaired) electrons. The summed E-state index contributed by atoms with van der Waals surface area (Å²) in [5.41, 5.74) is 1.14. The summed E-state index contributed by atoms with van der Waals surface area (Å²) in [6, 6.07) is 9.22. The van der Waals surface area contributed by atoms with Gasteiger partial charge in [0.2, 0.25) is 10.0 Å². The number of nitrogens with zero attached hydrogens (tertiary/aromatic N) is 3. The predicted octanol–water partition coefficient (Wildman–Crippen LogP) is 3.07. The van der Waals surface area contributed by atoms with E-state index in [0.29, 0.717) is 11.4 Å². The van der Waals surface area contributed by atoms with Gasteiger partial charge in [-0.25, -0.2) is 13.1 Å². The van der Waals surface area contributed by atoms with E-state index in [1.807, 2.05) is 37.4 Å². The van der Waals surface area contributed by atoms with Gasteiger partial charge in [-0.2, -0.15) is 5.10 Å².